The standard InChI is InChI=1S/C61H86F4N6O20S2/c1-3-13-71(90-4-2)61(74)49-37-48-9-8-47(39-51(48)68-52(66)40-49)46-6-5-7-50(38-46)92(75,76)70-42-44(43-70)41-67-60(73)45-10-14-69(15-11-45)16-18-81-20-22-83-24-26-85-28-30-87-32-34-89-36-35-88-33-31-86-29-27-84-25-23-82-21-19-80-17-12-53(72)91-58-54(62)56(64)59(93(77,78)79)57(65)55(58)63/h5-9,37-39,44-45H,3-4,10-36,40-43H2,1-2H3,(H2,66,68)(H,67,73)(H,77,78,79). The quantitative estimate of drug-likeness (QED) is 0.0131. The Hall–Kier alpha value is -5.66. The fourth-order valence-corrected chi connectivity index (χ4v) is 11.9. The second-order valence-electron chi connectivity index (χ2n) is 21.4. The summed E-state index contributed by atoms with van der Waals surface area (Å²) in [5, 5.41) is 4.43. The number of fused-ring (bicyclic) bond motifs is 1. The van der Waals surface area contributed by atoms with Gasteiger partial charge in [-0.3, -0.25) is 23.8 Å². The Bertz CT molecular complexity index is 3110. The van der Waals surface area contributed by atoms with Gasteiger partial charge in [-0.25, -0.2) is 27.3 Å². The molecule has 2 fully saturated rings. The molecular weight excluding hydrogens is 1280 g/mol. The van der Waals surface area contributed by atoms with E-state index in [1.807, 2.05) is 38.1 Å². The van der Waals surface area contributed by atoms with Crippen molar-refractivity contribution < 1.29 is 110 Å². The van der Waals surface area contributed by atoms with Crippen LogP contribution in [0.2, 0.25) is 0 Å². The summed E-state index contributed by atoms with van der Waals surface area (Å²) in [6.07, 6.45) is 3.56. The molecule has 0 aliphatic carbocycles. The number of nitrogens with zero attached hydrogens (tertiary/aromatic N) is 4. The van der Waals surface area contributed by atoms with Crippen LogP contribution in [-0.2, 0) is 86.7 Å². The summed E-state index contributed by atoms with van der Waals surface area (Å²) in [7, 11) is -9.44. The minimum atomic E-state index is -5.65. The van der Waals surface area contributed by atoms with Gasteiger partial charge in [-0.2, -0.15) is 21.5 Å². The first-order valence-electron chi connectivity index (χ1n) is 30.9. The van der Waals surface area contributed by atoms with Gasteiger partial charge in [0.15, 0.2) is 16.5 Å². The van der Waals surface area contributed by atoms with Crippen molar-refractivity contribution in [3.63, 3.8) is 0 Å². The molecule has 0 saturated carbocycles. The van der Waals surface area contributed by atoms with Gasteiger partial charge in [0, 0.05) is 62.1 Å². The Balaban J connectivity index is 0.662. The summed E-state index contributed by atoms with van der Waals surface area (Å²) in [5.74, 6) is -12.8. The molecule has 0 unspecified atom stereocenters. The Morgan fingerprint density at radius 2 is 1.16 bits per heavy atom. The molecule has 32 heteroatoms. The first-order valence-corrected chi connectivity index (χ1v) is 33.7. The minimum Gasteiger partial charge on any atom is -0.420 e. The number of amides is 2. The van der Waals surface area contributed by atoms with E-state index in [2.05, 4.69) is 19.9 Å². The number of ether oxygens (including phenoxy) is 11. The average molecular weight is 1360 g/mol. The summed E-state index contributed by atoms with van der Waals surface area (Å²) in [6.45, 7) is 14.3. The number of hydrogen-bond donors (Lipinski definition) is 3. The predicted molar refractivity (Wildman–Crippen MR) is 328 cm³/mol. The van der Waals surface area contributed by atoms with Gasteiger partial charge in [-0.1, -0.05) is 31.2 Å². The fourth-order valence-electron chi connectivity index (χ4n) is 9.60. The van der Waals surface area contributed by atoms with Gasteiger partial charge in [-0.15, -0.1) is 0 Å². The Kier molecular flexibility index (Phi) is 33.4. The molecule has 3 aromatic carbocycles. The highest BCUT2D eigenvalue weighted by molar-refractivity contribution is 7.89. The second kappa shape index (κ2) is 40.7. The topological polar surface area (TPSA) is 311 Å². The summed E-state index contributed by atoms with van der Waals surface area (Å²) >= 11 is 0. The summed E-state index contributed by atoms with van der Waals surface area (Å²) < 4.78 is 175. The van der Waals surface area contributed by atoms with Crippen molar-refractivity contribution in [2.75, 3.05) is 185 Å². The van der Waals surface area contributed by atoms with Gasteiger partial charge >= 0.3 is 16.1 Å². The zero-order chi connectivity index (χ0) is 67.0. The first kappa shape index (κ1) is 76.4. The molecule has 2 amide bonds. The molecule has 0 atom stereocenters. The molecule has 0 aromatic heterocycles. The van der Waals surface area contributed by atoms with Crippen molar-refractivity contribution in [3.05, 3.63) is 76.9 Å². The van der Waals surface area contributed by atoms with Crippen LogP contribution in [0.3, 0.4) is 0 Å². The molecule has 0 radical (unpaired) electrons. The van der Waals surface area contributed by atoms with Crippen molar-refractivity contribution in [2.45, 2.75) is 55.7 Å². The number of halogens is 4. The number of rotatable bonds is 46. The zero-order valence-electron chi connectivity index (χ0n) is 52.5. The molecule has 26 nitrogen and oxygen atoms in total. The van der Waals surface area contributed by atoms with Crippen molar-refractivity contribution in [2.24, 2.45) is 22.6 Å². The number of sulfonamides is 1. The van der Waals surface area contributed by atoms with Crippen LogP contribution in [0.25, 0.3) is 17.2 Å². The van der Waals surface area contributed by atoms with Gasteiger partial charge in [0.2, 0.25) is 33.3 Å². The highest BCUT2D eigenvalue weighted by atomic mass is 32.2. The number of hydrogen-bond acceptors (Lipinski definition) is 22. The highest BCUT2D eigenvalue weighted by Crippen LogP contribution is 2.35. The third-order valence-electron chi connectivity index (χ3n) is 14.5. The van der Waals surface area contributed by atoms with Gasteiger partial charge in [0.05, 0.1) is 156 Å². The number of carbonyl (C=O) groups is 3. The third kappa shape index (κ3) is 25.5. The Morgan fingerprint density at radius 3 is 1.66 bits per heavy atom. The van der Waals surface area contributed by atoms with Crippen molar-refractivity contribution in [3.8, 4) is 16.9 Å². The van der Waals surface area contributed by atoms with Crippen LogP contribution in [0.4, 0.5) is 23.2 Å². The van der Waals surface area contributed by atoms with E-state index in [9.17, 15) is 48.8 Å². The minimum absolute atomic E-state index is 0.00189. The van der Waals surface area contributed by atoms with Crippen LogP contribution in [-0.4, -0.2) is 244 Å². The number of likely N-dealkylation sites (tertiary alicyclic amines) is 1. The van der Waals surface area contributed by atoms with Crippen LogP contribution < -0.4 is 15.8 Å². The van der Waals surface area contributed by atoms with Crippen molar-refractivity contribution >= 4 is 55.5 Å². The number of nitrogens with two attached hydrogens (primary N) is 1. The number of esters is 1. The molecule has 3 aliphatic heterocycles. The number of hydroxylamine groups is 2. The van der Waals surface area contributed by atoms with Crippen molar-refractivity contribution in [1.29, 1.82) is 0 Å². The maximum absolute atomic E-state index is 14.0. The molecule has 93 heavy (non-hydrogen) atoms. The number of benzene rings is 3. The predicted octanol–water partition coefficient (Wildman–Crippen LogP) is 4.73. The van der Waals surface area contributed by atoms with Gasteiger partial charge in [-0.05, 0) is 74.7 Å². The van der Waals surface area contributed by atoms with E-state index in [1.165, 1.54) is 9.37 Å². The molecule has 0 spiro atoms. The van der Waals surface area contributed by atoms with E-state index >= 15 is 0 Å². The number of amidine groups is 1. The van der Waals surface area contributed by atoms with E-state index in [0.717, 1.165) is 44.5 Å². The van der Waals surface area contributed by atoms with Gasteiger partial charge < -0.3 is 68.1 Å². The summed E-state index contributed by atoms with van der Waals surface area (Å²) in [5.41, 5.74) is 9.47. The lowest BCUT2D eigenvalue weighted by molar-refractivity contribution is -0.180. The lowest BCUT2D eigenvalue weighted by Gasteiger charge is -2.38. The lowest BCUT2D eigenvalue weighted by atomic mass is 9.95. The van der Waals surface area contributed by atoms with Crippen LogP contribution in [0.1, 0.15) is 51.5 Å². The summed E-state index contributed by atoms with van der Waals surface area (Å²) in [6, 6.07) is 12.3. The van der Waals surface area contributed by atoms with Crippen LogP contribution in [0, 0.1) is 35.1 Å². The first-order chi connectivity index (χ1) is 44.8. The van der Waals surface area contributed by atoms with Gasteiger partial charge in [0.1, 0.15) is 5.84 Å². The zero-order valence-corrected chi connectivity index (χ0v) is 54.1. The van der Waals surface area contributed by atoms with E-state index < -0.39 is 66.4 Å². The molecule has 6 rings (SSSR count). The molecule has 3 heterocycles. The second-order valence-corrected chi connectivity index (χ2v) is 24.7. The maximum Gasteiger partial charge on any atom is 0.313 e. The molecule has 3 aliphatic rings. The SMILES string of the molecule is CCCN(OCC)C(=O)C1=Cc2ccc(-c3cccc(S(=O)(=O)N4CC(CNC(=O)C5CCN(CCOCCOCCOCCOCCOCCOCCOCCOCCOCCOCCC(=O)Oc6c(F)c(F)c(S(=O)(=O)O)c(F)c6F)CC5)C4)c3)cc2N=C(N)C1. The number of carbonyl (C=O) groups excluding carboxylic acids is 3. The third-order valence-corrected chi connectivity index (χ3v) is 17.2. The van der Waals surface area contributed by atoms with E-state index in [0.29, 0.717) is 154 Å². The number of nitrogens with one attached hydrogen (secondary N) is 1. The molecule has 4 N–H and O–H groups in total. The Morgan fingerprint density at radius 1 is 0.667 bits per heavy atom. The van der Waals surface area contributed by atoms with E-state index in [4.69, 9.17) is 62.5 Å². The van der Waals surface area contributed by atoms with Crippen LogP contribution >= 0.6 is 0 Å². The lowest BCUT2D eigenvalue weighted by Crippen LogP contribution is -2.54. The van der Waals surface area contributed by atoms with Gasteiger partial charge in [0.25, 0.3) is 5.91 Å². The highest BCUT2D eigenvalue weighted by Gasteiger charge is 2.38. The number of aliphatic imine (C=N–C) groups is 1. The maximum atomic E-state index is 14.0. The monoisotopic (exact) mass is 1360 g/mol. The average Bonchev–Trinajstić information content (AvgIpc) is 1.05. The van der Waals surface area contributed by atoms with E-state index in [-0.39, 0.29) is 73.8 Å². The molecule has 0 bridgehead atoms. The van der Waals surface area contributed by atoms with Crippen molar-refractivity contribution in [1.82, 2.24) is 19.6 Å². The molecule has 520 valence electrons. The molecule has 2 saturated heterocycles. The largest absolute Gasteiger partial charge is 0.420 e. The molecule has 3 aromatic rings. The summed E-state index contributed by atoms with van der Waals surface area (Å²) in [4.78, 5) is 48.7. The smallest absolute Gasteiger partial charge is 0.313 e. The normalized spacial score (nSPS) is 15.1. The van der Waals surface area contributed by atoms with Crippen LogP contribution in [0.5, 0.6) is 5.75 Å². The van der Waals surface area contributed by atoms with E-state index in [1.54, 1.807) is 24.3 Å². The Labute approximate surface area is 539 Å². The number of piperidine rings is 1. The molecular formula is C61H86F4N6O20S2. The van der Waals surface area contributed by atoms with Crippen LogP contribution in [0.15, 0.2) is 62.8 Å². The fraction of sp³-hybridized carbons (Fsp3) is 0.607.